The highest BCUT2D eigenvalue weighted by Gasteiger charge is 2.19. The number of aromatic nitrogens is 1. The first-order chi connectivity index (χ1) is 12.8. The van der Waals surface area contributed by atoms with Gasteiger partial charge in [-0.25, -0.2) is 9.78 Å². The predicted octanol–water partition coefficient (Wildman–Crippen LogP) is 4.70. The second-order valence-corrected chi connectivity index (χ2v) is 8.03. The van der Waals surface area contributed by atoms with E-state index in [9.17, 15) is 4.79 Å². The van der Waals surface area contributed by atoms with E-state index in [1.54, 1.807) is 22.7 Å². The second kappa shape index (κ2) is 8.12. The lowest BCUT2D eigenvalue weighted by Crippen LogP contribution is -2.30. The zero-order valence-electron chi connectivity index (χ0n) is 14.3. The summed E-state index contributed by atoms with van der Waals surface area (Å²) in [5.41, 5.74) is 3.49. The molecule has 0 bridgehead atoms. The third-order valence-corrected chi connectivity index (χ3v) is 6.17. The van der Waals surface area contributed by atoms with Crippen molar-refractivity contribution < 1.29 is 9.53 Å². The van der Waals surface area contributed by atoms with Crippen LogP contribution in [0.1, 0.15) is 23.2 Å². The van der Waals surface area contributed by atoms with Crippen molar-refractivity contribution in [1.82, 2.24) is 10.3 Å². The number of piperidine rings is 1. The Hall–Kier alpha value is -2.02. The van der Waals surface area contributed by atoms with Crippen molar-refractivity contribution in [2.45, 2.75) is 12.8 Å². The van der Waals surface area contributed by atoms with E-state index in [2.05, 4.69) is 16.8 Å². The average Bonchev–Trinajstić information content (AvgIpc) is 3.38. The number of esters is 1. The van der Waals surface area contributed by atoms with Crippen LogP contribution >= 0.6 is 22.7 Å². The van der Waals surface area contributed by atoms with Gasteiger partial charge in [-0.05, 0) is 49.4 Å². The van der Waals surface area contributed by atoms with E-state index < -0.39 is 0 Å². The van der Waals surface area contributed by atoms with Crippen LogP contribution in [0.5, 0.6) is 0 Å². The Balaban J connectivity index is 1.52. The number of carbonyl (C=O) groups is 1. The molecule has 26 heavy (non-hydrogen) atoms. The summed E-state index contributed by atoms with van der Waals surface area (Å²) < 4.78 is 5.62. The molecular weight excluding hydrogens is 364 g/mol. The Morgan fingerprint density at radius 1 is 1.19 bits per heavy atom. The maximum Gasteiger partial charge on any atom is 0.338 e. The maximum absolute atomic E-state index is 12.7. The highest BCUT2D eigenvalue weighted by atomic mass is 32.1. The first kappa shape index (κ1) is 17.4. The van der Waals surface area contributed by atoms with Gasteiger partial charge in [0, 0.05) is 21.9 Å². The fourth-order valence-corrected chi connectivity index (χ4v) is 4.63. The molecule has 0 saturated carbocycles. The standard InChI is InChI=1S/C20H20N2O2S2/c23-20(24-11-14-5-8-21-9-6-14)17-4-2-1-3-16(17)19-22-18(13-26-19)15-7-10-25-12-15/h1-4,7,10,12-14,21H,5-6,8-9,11H2. The van der Waals surface area contributed by atoms with Crippen molar-refractivity contribution in [2.24, 2.45) is 5.92 Å². The molecule has 134 valence electrons. The molecule has 1 aliphatic rings. The number of hydrogen-bond acceptors (Lipinski definition) is 6. The molecule has 0 atom stereocenters. The predicted molar refractivity (Wildman–Crippen MR) is 107 cm³/mol. The van der Waals surface area contributed by atoms with Gasteiger partial charge in [-0.15, -0.1) is 11.3 Å². The van der Waals surface area contributed by atoms with Crippen LogP contribution in [0.25, 0.3) is 21.8 Å². The molecule has 1 aliphatic heterocycles. The van der Waals surface area contributed by atoms with Gasteiger partial charge in [0.05, 0.1) is 17.9 Å². The van der Waals surface area contributed by atoms with Crippen molar-refractivity contribution in [1.29, 1.82) is 0 Å². The van der Waals surface area contributed by atoms with Crippen LogP contribution in [0.2, 0.25) is 0 Å². The normalized spacial score (nSPS) is 15.1. The summed E-state index contributed by atoms with van der Waals surface area (Å²) in [5.74, 6) is 0.198. The number of nitrogens with zero attached hydrogens (tertiary/aromatic N) is 1. The third-order valence-electron chi connectivity index (χ3n) is 4.61. The first-order valence-electron chi connectivity index (χ1n) is 8.76. The number of thiophene rings is 1. The van der Waals surface area contributed by atoms with Crippen LogP contribution in [0.3, 0.4) is 0 Å². The summed E-state index contributed by atoms with van der Waals surface area (Å²) in [7, 11) is 0. The molecule has 3 aromatic rings. The van der Waals surface area contributed by atoms with Crippen LogP contribution in [-0.2, 0) is 4.74 Å². The monoisotopic (exact) mass is 384 g/mol. The van der Waals surface area contributed by atoms with E-state index in [0.29, 0.717) is 18.1 Å². The van der Waals surface area contributed by atoms with Crippen molar-refractivity contribution in [2.75, 3.05) is 19.7 Å². The summed E-state index contributed by atoms with van der Waals surface area (Å²) in [5, 5.41) is 10.3. The Morgan fingerprint density at radius 2 is 2.04 bits per heavy atom. The minimum absolute atomic E-state index is 0.258. The molecule has 4 nitrogen and oxygen atoms in total. The molecule has 6 heteroatoms. The van der Waals surface area contributed by atoms with Gasteiger partial charge < -0.3 is 10.1 Å². The number of nitrogens with one attached hydrogen (secondary N) is 1. The number of carbonyl (C=O) groups excluding carboxylic acids is 1. The molecular formula is C20H20N2O2S2. The van der Waals surface area contributed by atoms with Crippen molar-refractivity contribution in [3.8, 4) is 21.8 Å². The molecule has 3 heterocycles. The largest absolute Gasteiger partial charge is 0.462 e. The third kappa shape index (κ3) is 3.87. The van der Waals surface area contributed by atoms with Gasteiger partial charge in [-0.1, -0.05) is 18.2 Å². The van der Waals surface area contributed by atoms with Crippen LogP contribution in [0.4, 0.5) is 0 Å². The number of benzene rings is 1. The molecule has 0 spiro atoms. The summed E-state index contributed by atoms with van der Waals surface area (Å²) in [6.07, 6.45) is 2.12. The molecule has 0 amide bonds. The van der Waals surface area contributed by atoms with Crippen LogP contribution in [-0.4, -0.2) is 30.6 Å². The minimum atomic E-state index is -0.258. The van der Waals surface area contributed by atoms with Gasteiger partial charge in [-0.2, -0.15) is 11.3 Å². The fourth-order valence-electron chi connectivity index (χ4n) is 3.11. The molecule has 1 saturated heterocycles. The van der Waals surface area contributed by atoms with E-state index in [4.69, 9.17) is 9.72 Å². The zero-order valence-corrected chi connectivity index (χ0v) is 15.9. The van der Waals surface area contributed by atoms with Crippen molar-refractivity contribution >= 4 is 28.6 Å². The van der Waals surface area contributed by atoms with Crippen LogP contribution < -0.4 is 5.32 Å². The molecule has 4 rings (SSSR count). The van der Waals surface area contributed by atoms with Gasteiger partial charge in [-0.3, -0.25) is 0 Å². The lowest BCUT2D eigenvalue weighted by Gasteiger charge is -2.22. The number of ether oxygens (including phenoxy) is 1. The first-order valence-corrected chi connectivity index (χ1v) is 10.6. The van der Waals surface area contributed by atoms with Crippen molar-refractivity contribution in [3.05, 3.63) is 52.0 Å². The Kier molecular flexibility index (Phi) is 5.43. The topological polar surface area (TPSA) is 51.2 Å². The molecule has 1 N–H and O–H groups in total. The minimum Gasteiger partial charge on any atom is -0.462 e. The van der Waals surface area contributed by atoms with Crippen LogP contribution in [0, 0.1) is 5.92 Å². The SMILES string of the molecule is O=C(OCC1CCNCC1)c1ccccc1-c1nc(-c2ccsc2)cs1. The lowest BCUT2D eigenvalue weighted by molar-refractivity contribution is 0.0416. The van der Waals surface area contributed by atoms with Crippen LogP contribution in [0.15, 0.2) is 46.5 Å². The zero-order chi connectivity index (χ0) is 17.8. The Bertz CT molecular complexity index is 868. The van der Waals surface area contributed by atoms with Gasteiger partial charge in [0.2, 0.25) is 0 Å². The molecule has 1 fully saturated rings. The summed E-state index contributed by atoms with van der Waals surface area (Å²) in [4.78, 5) is 17.4. The molecule has 0 radical (unpaired) electrons. The second-order valence-electron chi connectivity index (χ2n) is 6.39. The highest BCUT2D eigenvalue weighted by molar-refractivity contribution is 7.13. The van der Waals surface area contributed by atoms with E-state index in [1.165, 1.54) is 0 Å². The molecule has 1 aromatic carbocycles. The van der Waals surface area contributed by atoms with Gasteiger partial charge in [0.25, 0.3) is 0 Å². The fraction of sp³-hybridized carbons (Fsp3) is 0.300. The number of thiazole rings is 1. The highest BCUT2D eigenvalue weighted by Crippen LogP contribution is 2.32. The summed E-state index contributed by atoms with van der Waals surface area (Å²) in [6, 6.07) is 9.63. The number of rotatable bonds is 5. The quantitative estimate of drug-likeness (QED) is 0.648. The van der Waals surface area contributed by atoms with Gasteiger partial charge >= 0.3 is 5.97 Å². The Labute approximate surface area is 160 Å². The molecule has 0 aliphatic carbocycles. The molecule has 0 unspecified atom stereocenters. The van der Waals surface area contributed by atoms with E-state index in [-0.39, 0.29) is 5.97 Å². The van der Waals surface area contributed by atoms with Gasteiger partial charge in [0.15, 0.2) is 0 Å². The van der Waals surface area contributed by atoms with E-state index >= 15 is 0 Å². The van der Waals surface area contributed by atoms with E-state index in [1.807, 2.05) is 35.0 Å². The molecule has 2 aromatic heterocycles. The summed E-state index contributed by atoms with van der Waals surface area (Å²) in [6.45, 7) is 2.50. The lowest BCUT2D eigenvalue weighted by atomic mass is 9.99. The smallest absolute Gasteiger partial charge is 0.338 e. The van der Waals surface area contributed by atoms with E-state index in [0.717, 1.165) is 47.8 Å². The average molecular weight is 385 g/mol. The van der Waals surface area contributed by atoms with Gasteiger partial charge in [0.1, 0.15) is 5.01 Å². The Morgan fingerprint density at radius 3 is 2.85 bits per heavy atom. The summed E-state index contributed by atoms with van der Waals surface area (Å²) >= 11 is 3.21. The number of hydrogen-bond donors (Lipinski definition) is 1. The van der Waals surface area contributed by atoms with Crippen molar-refractivity contribution in [3.63, 3.8) is 0 Å². The maximum atomic E-state index is 12.7.